The summed E-state index contributed by atoms with van der Waals surface area (Å²) in [7, 11) is 1.97. The summed E-state index contributed by atoms with van der Waals surface area (Å²) < 4.78 is 0. The minimum atomic E-state index is -0.0773. The van der Waals surface area contributed by atoms with Crippen LogP contribution in [0.25, 0.3) is 0 Å². The standard InChI is InChI=1S/C10H14N2O2/c1-12-4-2-3-11-7-5-9(13)10(14)6-8(7)12/h5-6,11,13-14H,2-4H2,1H3. The van der Waals surface area contributed by atoms with Crippen LogP contribution in [0.4, 0.5) is 11.4 Å². The molecule has 0 radical (unpaired) electrons. The van der Waals surface area contributed by atoms with E-state index in [4.69, 9.17) is 0 Å². The smallest absolute Gasteiger partial charge is 0.159 e. The van der Waals surface area contributed by atoms with Crippen LogP contribution >= 0.6 is 0 Å². The number of anilines is 2. The first kappa shape index (κ1) is 8.99. The molecular formula is C10H14N2O2. The third kappa shape index (κ3) is 1.43. The van der Waals surface area contributed by atoms with Crippen LogP contribution in [0.2, 0.25) is 0 Å². The Kier molecular flexibility index (Phi) is 2.11. The van der Waals surface area contributed by atoms with Crippen molar-refractivity contribution < 1.29 is 10.2 Å². The van der Waals surface area contributed by atoms with Crippen LogP contribution in [0.1, 0.15) is 6.42 Å². The molecule has 0 aliphatic carbocycles. The maximum atomic E-state index is 9.38. The molecule has 0 saturated heterocycles. The first-order valence-electron chi connectivity index (χ1n) is 4.69. The lowest BCUT2D eigenvalue weighted by molar-refractivity contribution is 0.404. The summed E-state index contributed by atoms with van der Waals surface area (Å²) in [6.07, 6.45) is 1.05. The number of phenols is 2. The molecule has 4 heteroatoms. The van der Waals surface area contributed by atoms with Crippen LogP contribution in [0.15, 0.2) is 12.1 Å². The number of phenolic OH excluding ortho intramolecular Hbond substituents is 2. The van der Waals surface area contributed by atoms with E-state index in [0.717, 1.165) is 30.9 Å². The summed E-state index contributed by atoms with van der Waals surface area (Å²) in [6, 6.07) is 3.15. The minimum absolute atomic E-state index is 0.0701. The highest BCUT2D eigenvalue weighted by atomic mass is 16.3. The largest absolute Gasteiger partial charge is 0.504 e. The van der Waals surface area contributed by atoms with Crippen molar-refractivity contribution in [3.8, 4) is 11.5 Å². The average Bonchev–Trinajstić information content (AvgIpc) is 2.31. The van der Waals surface area contributed by atoms with Crippen molar-refractivity contribution in [2.75, 3.05) is 30.4 Å². The van der Waals surface area contributed by atoms with E-state index in [1.54, 1.807) is 12.1 Å². The van der Waals surface area contributed by atoms with E-state index in [0.29, 0.717) is 0 Å². The van der Waals surface area contributed by atoms with Crippen molar-refractivity contribution >= 4 is 11.4 Å². The van der Waals surface area contributed by atoms with Gasteiger partial charge in [-0.1, -0.05) is 0 Å². The summed E-state index contributed by atoms with van der Waals surface area (Å²) in [5.41, 5.74) is 1.80. The summed E-state index contributed by atoms with van der Waals surface area (Å²) in [4.78, 5) is 2.06. The zero-order valence-electron chi connectivity index (χ0n) is 8.12. The molecule has 1 aromatic rings. The third-order valence-corrected chi connectivity index (χ3v) is 2.49. The van der Waals surface area contributed by atoms with Crippen LogP contribution < -0.4 is 10.2 Å². The minimum Gasteiger partial charge on any atom is -0.504 e. The van der Waals surface area contributed by atoms with E-state index >= 15 is 0 Å². The van der Waals surface area contributed by atoms with E-state index in [2.05, 4.69) is 10.2 Å². The van der Waals surface area contributed by atoms with Gasteiger partial charge in [0, 0.05) is 32.3 Å². The first-order valence-corrected chi connectivity index (χ1v) is 4.69. The fraction of sp³-hybridized carbons (Fsp3) is 0.400. The predicted molar refractivity (Wildman–Crippen MR) is 56.1 cm³/mol. The maximum absolute atomic E-state index is 9.38. The number of hydrogen-bond donors (Lipinski definition) is 3. The quantitative estimate of drug-likeness (QED) is 0.431. The summed E-state index contributed by atoms with van der Waals surface area (Å²) in [5, 5.41) is 21.9. The van der Waals surface area contributed by atoms with Gasteiger partial charge in [-0.3, -0.25) is 0 Å². The lowest BCUT2D eigenvalue weighted by atomic mass is 10.2. The number of fused-ring (bicyclic) bond motifs is 1. The molecule has 0 atom stereocenters. The Morgan fingerprint density at radius 2 is 2.00 bits per heavy atom. The van der Waals surface area contributed by atoms with E-state index < -0.39 is 0 Å². The fourth-order valence-electron chi connectivity index (χ4n) is 1.68. The third-order valence-electron chi connectivity index (χ3n) is 2.49. The summed E-state index contributed by atoms with van der Waals surface area (Å²) in [6.45, 7) is 1.84. The second-order valence-corrected chi connectivity index (χ2v) is 3.56. The van der Waals surface area contributed by atoms with Crippen LogP contribution in [0.5, 0.6) is 11.5 Å². The normalized spacial score (nSPS) is 15.6. The predicted octanol–water partition coefficient (Wildman–Crippen LogP) is 1.35. The highest BCUT2D eigenvalue weighted by Crippen LogP contribution is 2.37. The molecule has 0 unspecified atom stereocenters. The fourth-order valence-corrected chi connectivity index (χ4v) is 1.68. The monoisotopic (exact) mass is 194 g/mol. The molecule has 0 aromatic heterocycles. The maximum Gasteiger partial charge on any atom is 0.159 e. The van der Waals surface area contributed by atoms with Gasteiger partial charge in [0.2, 0.25) is 0 Å². The zero-order chi connectivity index (χ0) is 10.1. The van der Waals surface area contributed by atoms with Crippen molar-refractivity contribution in [3.05, 3.63) is 12.1 Å². The number of nitrogens with zero attached hydrogens (tertiary/aromatic N) is 1. The molecule has 1 aliphatic rings. The highest BCUT2D eigenvalue weighted by molar-refractivity contribution is 5.75. The number of rotatable bonds is 0. The Balaban J connectivity index is 2.49. The number of benzene rings is 1. The molecule has 1 aliphatic heterocycles. The highest BCUT2D eigenvalue weighted by Gasteiger charge is 2.14. The lowest BCUT2D eigenvalue weighted by Crippen LogP contribution is -2.17. The van der Waals surface area contributed by atoms with Gasteiger partial charge in [0.25, 0.3) is 0 Å². The molecule has 0 saturated carbocycles. The summed E-state index contributed by atoms with van der Waals surface area (Å²) >= 11 is 0. The van der Waals surface area contributed by atoms with Crippen molar-refractivity contribution in [2.24, 2.45) is 0 Å². The average molecular weight is 194 g/mol. The Morgan fingerprint density at radius 1 is 1.29 bits per heavy atom. The van der Waals surface area contributed by atoms with Crippen LogP contribution in [-0.4, -0.2) is 30.4 Å². The molecule has 0 fully saturated rings. The number of nitrogens with one attached hydrogen (secondary N) is 1. The van der Waals surface area contributed by atoms with Gasteiger partial charge in [-0.05, 0) is 6.42 Å². The van der Waals surface area contributed by atoms with E-state index in [1.807, 2.05) is 7.05 Å². The van der Waals surface area contributed by atoms with Crippen molar-refractivity contribution in [3.63, 3.8) is 0 Å². The second kappa shape index (κ2) is 3.29. The molecule has 1 heterocycles. The molecular weight excluding hydrogens is 180 g/mol. The Bertz CT molecular complexity index is 352. The van der Waals surface area contributed by atoms with Crippen LogP contribution in [0.3, 0.4) is 0 Å². The first-order chi connectivity index (χ1) is 6.68. The topological polar surface area (TPSA) is 55.7 Å². The van der Waals surface area contributed by atoms with Gasteiger partial charge in [-0.15, -0.1) is 0 Å². The van der Waals surface area contributed by atoms with Gasteiger partial charge in [-0.25, -0.2) is 0 Å². The van der Waals surface area contributed by atoms with Crippen LogP contribution in [0, 0.1) is 0 Å². The van der Waals surface area contributed by atoms with Gasteiger partial charge >= 0.3 is 0 Å². The Labute approximate surface area is 82.8 Å². The van der Waals surface area contributed by atoms with Gasteiger partial charge in [-0.2, -0.15) is 0 Å². The molecule has 76 valence electrons. The molecule has 3 N–H and O–H groups in total. The number of hydrogen-bond acceptors (Lipinski definition) is 4. The zero-order valence-corrected chi connectivity index (χ0v) is 8.12. The Hall–Kier alpha value is -1.58. The van der Waals surface area contributed by atoms with Crippen molar-refractivity contribution in [1.82, 2.24) is 0 Å². The SMILES string of the molecule is CN1CCCNc2cc(O)c(O)cc21. The number of aromatic hydroxyl groups is 2. The van der Waals surface area contributed by atoms with Crippen molar-refractivity contribution in [1.29, 1.82) is 0 Å². The lowest BCUT2D eigenvalue weighted by Gasteiger charge is -2.19. The van der Waals surface area contributed by atoms with E-state index in [1.165, 1.54) is 0 Å². The van der Waals surface area contributed by atoms with Gasteiger partial charge in [0.1, 0.15) is 0 Å². The summed E-state index contributed by atoms with van der Waals surface area (Å²) in [5.74, 6) is -0.147. The van der Waals surface area contributed by atoms with E-state index in [9.17, 15) is 10.2 Å². The second-order valence-electron chi connectivity index (χ2n) is 3.56. The molecule has 0 amide bonds. The molecule has 14 heavy (non-hydrogen) atoms. The van der Waals surface area contributed by atoms with Gasteiger partial charge in [0.15, 0.2) is 11.5 Å². The molecule has 0 bridgehead atoms. The van der Waals surface area contributed by atoms with E-state index in [-0.39, 0.29) is 11.5 Å². The van der Waals surface area contributed by atoms with Crippen molar-refractivity contribution in [2.45, 2.75) is 6.42 Å². The molecule has 1 aromatic carbocycles. The van der Waals surface area contributed by atoms with Crippen LogP contribution in [-0.2, 0) is 0 Å². The molecule has 4 nitrogen and oxygen atoms in total. The molecule has 2 rings (SSSR count). The van der Waals surface area contributed by atoms with Gasteiger partial charge < -0.3 is 20.4 Å². The Morgan fingerprint density at radius 3 is 2.79 bits per heavy atom. The molecule has 0 spiro atoms. The van der Waals surface area contributed by atoms with Gasteiger partial charge in [0.05, 0.1) is 11.4 Å².